The lowest BCUT2D eigenvalue weighted by Crippen LogP contribution is -2.37. The van der Waals surface area contributed by atoms with Crippen LogP contribution in [-0.2, 0) is 6.54 Å². The second-order valence-electron chi connectivity index (χ2n) is 7.39. The molecule has 1 aliphatic carbocycles. The number of imidazole rings is 1. The van der Waals surface area contributed by atoms with Crippen LogP contribution in [0, 0.1) is 5.92 Å². The molecule has 1 aliphatic heterocycles. The summed E-state index contributed by atoms with van der Waals surface area (Å²) >= 11 is 0. The lowest BCUT2D eigenvalue weighted by molar-refractivity contribution is 0.458. The van der Waals surface area contributed by atoms with Crippen LogP contribution >= 0.6 is 0 Å². The third-order valence-corrected chi connectivity index (χ3v) is 5.42. The number of hydrogen-bond acceptors (Lipinski definition) is 5. The van der Waals surface area contributed by atoms with Crippen LogP contribution in [0.25, 0.3) is 5.69 Å². The van der Waals surface area contributed by atoms with Crippen LogP contribution < -0.4 is 4.90 Å². The molecule has 0 spiro atoms. The number of nitrogens with zero attached hydrogens (tertiary/aromatic N) is 7. The van der Waals surface area contributed by atoms with Gasteiger partial charge in [-0.25, -0.2) is 4.98 Å². The topological polar surface area (TPSA) is 64.7 Å². The zero-order valence-corrected chi connectivity index (χ0v) is 14.8. The Morgan fingerprint density at radius 2 is 1.96 bits per heavy atom. The molecule has 2 aliphatic rings. The fraction of sp³-hybridized carbons (Fsp3) is 0.474. The summed E-state index contributed by atoms with van der Waals surface area (Å²) in [4.78, 5) is 7.00. The monoisotopic (exact) mass is 349 g/mol. The molecular formula is C19H23N7. The van der Waals surface area contributed by atoms with Crippen molar-refractivity contribution in [2.75, 3.05) is 18.0 Å². The predicted octanol–water partition coefficient (Wildman–Crippen LogP) is 2.65. The Hall–Kier alpha value is -2.70. The van der Waals surface area contributed by atoms with Crippen molar-refractivity contribution in [2.45, 2.75) is 38.1 Å². The maximum Gasteiger partial charge on any atom is 0.250 e. The fourth-order valence-corrected chi connectivity index (χ4v) is 3.90. The number of aromatic nitrogens is 6. The summed E-state index contributed by atoms with van der Waals surface area (Å²) in [5.41, 5.74) is 0.991. The average Bonchev–Trinajstić information content (AvgIpc) is 3.18. The Bertz CT molecular complexity index is 865. The molecule has 1 atom stereocenters. The van der Waals surface area contributed by atoms with Gasteiger partial charge < -0.3 is 9.47 Å². The van der Waals surface area contributed by atoms with E-state index < -0.39 is 0 Å². The molecular weight excluding hydrogens is 326 g/mol. The molecule has 2 fully saturated rings. The van der Waals surface area contributed by atoms with E-state index in [4.69, 9.17) is 4.98 Å². The van der Waals surface area contributed by atoms with E-state index in [0.717, 1.165) is 43.6 Å². The van der Waals surface area contributed by atoms with Gasteiger partial charge in [0.15, 0.2) is 0 Å². The summed E-state index contributed by atoms with van der Waals surface area (Å²) < 4.78 is 4.20. The number of para-hydroxylation sites is 1. The normalized spacial score (nSPS) is 20.5. The molecule has 5 rings (SSSR count). The van der Waals surface area contributed by atoms with Crippen molar-refractivity contribution in [1.29, 1.82) is 0 Å². The van der Waals surface area contributed by atoms with Crippen LogP contribution in [0.1, 0.15) is 37.4 Å². The fourth-order valence-electron chi connectivity index (χ4n) is 3.90. The molecule has 0 unspecified atom stereocenters. The van der Waals surface area contributed by atoms with Gasteiger partial charge in [-0.05, 0) is 54.2 Å². The van der Waals surface area contributed by atoms with Crippen LogP contribution in [0.4, 0.5) is 5.95 Å². The molecule has 134 valence electrons. The second kappa shape index (κ2) is 6.55. The van der Waals surface area contributed by atoms with Gasteiger partial charge in [-0.15, -0.1) is 0 Å². The first kappa shape index (κ1) is 15.5. The molecule has 0 amide bonds. The third kappa shape index (κ3) is 2.98. The summed E-state index contributed by atoms with van der Waals surface area (Å²) in [5.74, 6) is 3.33. The van der Waals surface area contributed by atoms with Crippen molar-refractivity contribution in [3.05, 3.63) is 48.5 Å². The average molecular weight is 349 g/mol. The SMILES string of the molecule is c1ccc(-n2nnnc2N2CCC[C@H](c3nccn3CC3CC3)C2)cc1. The smallest absolute Gasteiger partial charge is 0.250 e. The molecule has 0 N–H and O–H groups in total. The van der Waals surface area contributed by atoms with Crippen molar-refractivity contribution in [3.8, 4) is 5.69 Å². The lowest BCUT2D eigenvalue weighted by atomic mass is 9.97. The minimum absolute atomic E-state index is 0.429. The summed E-state index contributed by atoms with van der Waals surface area (Å²) in [6, 6.07) is 10.1. The maximum atomic E-state index is 4.69. The van der Waals surface area contributed by atoms with Gasteiger partial charge in [0.25, 0.3) is 0 Å². The van der Waals surface area contributed by atoms with Crippen LogP contribution in [0.3, 0.4) is 0 Å². The van der Waals surface area contributed by atoms with Gasteiger partial charge in [0.1, 0.15) is 5.82 Å². The Balaban J connectivity index is 1.39. The predicted molar refractivity (Wildman–Crippen MR) is 98.3 cm³/mol. The van der Waals surface area contributed by atoms with Crippen molar-refractivity contribution in [1.82, 2.24) is 29.8 Å². The van der Waals surface area contributed by atoms with Gasteiger partial charge in [0, 0.05) is 37.9 Å². The number of rotatable bonds is 5. The van der Waals surface area contributed by atoms with E-state index in [2.05, 4.69) is 31.2 Å². The second-order valence-corrected chi connectivity index (χ2v) is 7.39. The van der Waals surface area contributed by atoms with Crippen LogP contribution in [0.15, 0.2) is 42.7 Å². The highest BCUT2D eigenvalue weighted by Crippen LogP contribution is 2.33. The van der Waals surface area contributed by atoms with Gasteiger partial charge >= 0.3 is 0 Å². The van der Waals surface area contributed by atoms with Gasteiger partial charge in [-0.1, -0.05) is 23.3 Å². The summed E-state index contributed by atoms with van der Waals surface area (Å²) in [7, 11) is 0. The first-order valence-electron chi connectivity index (χ1n) is 9.48. The Morgan fingerprint density at radius 3 is 2.81 bits per heavy atom. The quantitative estimate of drug-likeness (QED) is 0.708. The number of piperidine rings is 1. The largest absolute Gasteiger partial charge is 0.339 e. The third-order valence-electron chi connectivity index (χ3n) is 5.42. The van der Waals surface area contributed by atoms with Gasteiger partial charge in [0.05, 0.1) is 5.69 Å². The summed E-state index contributed by atoms with van der Waals surface area (Å²) in [6.45, 7) is 3.01. The molecule has 2 aromatic heterocycles. The Labute approximate surface area is 152 Å². The van der Waals surface area contributed by atoms with Crippen LogP contribution in [0.5, 0.6) is 0 Å². The highest BCUT2D eigenvalue weighted by atomic mass is 15.6. The molecule has 0 radical (unpaired) electrons. The van der Waals surface area contributed by atoms with Gasteiger partial charge in [0.2, 0.25) is 5.95 Å². The van der Waals surface area contributed by atoms with Gasteiger partial charge in [-0.2, -0.15) is 4.68 Å². The molecule has 7 nitrogen and oxygen atoms in total. The lowest BCUT2D eigenvalue weighted by Gasteiger charge is -2.32. The summed E-state index contributed by atoms with van der Waals surface area (Å²) in [5, 5.41) is 12.4. The van der Waals surface area contributed by atoms with E-state index in [-0.39, 0.29) is 0 Å². The molecule has 3 heterocycles. The van der Waals surface area contributed by atoms with Crippen LogP contribution in [0.2, 0.25) is 0 Å². The number of anilines is 1. The zero-order valence-electron chi connectivity index (χ0n) is 14.8. The highest BCUT2D eigenvalue weighted by molar-refractivity contribution is 5.41. The van der Waals surface area contributed by atoms with Crippen molar-refractivity contribution >= 4 is 5.95 Å². The van der Waals surface area contributed by atoms with E-state index in [9.17, 15) is 0 Å². The maximum absolute atomic E-state index is 4.69. The van der Waals surface area contributed by atoms with E-state index in [1.54, 1.807) is 0 Å². The Kier molecular flexibility index (Phi) is 3.92. The molecule has 0 bridgehead atoms. The minimum Gasteiger partial charge on any atom is -0.339 e. The van der Waals surface area contributed by atoms with Crippen molar-refractivity contribution < 1.29 is 0 Å². The first-order chi connectivity index (χ1) is 12.9. The highest BCUT2D eigenvalue weighted by Gasteiger charge is 2.29. The van der Waals surface area contributed by atoms with Crippen molar-refractivity contribution in [3.63, 3.8) is 0 Å². The summed E-state index contributed by atoms with van der Waals surface area (Å²) in [6.07, 6.45) is 9.11. The number of tetrazole rings is 1. The molecule has 1 saturated carbocycles. The zero-order chi connectivity index (χ0) is 17.3. The number of hydrogen-bond donors (Lipinski definition) is 0. The molecule has 1 aromatic carbocycles. The first-order valence-corrected chi connectivity index (χ1v) is 9.48. The molecule has 1 saturated heterocycles. The molecule has 26 heavy (non-hydrogen) atoms. The standard InChI is InChI=1S/C19H23N7/c1-2-6-17(7-3-1)26-19(21-22-23-26)25-11-4-5-16(14-25)18-20-10-12-24(18)13-15-8-9-15/h1-3,6-7,10,12,15-16H,4-5,8-9,11,13-14H2/t16-/m0/s1. The van der Waals surface area contributed by atoms with Crippen molar-refractivity contribution in [2.24, 2.45) is 5.92 Å². The van der Waals surface area contributed by atoms with E-state index in [1.165, 1.54) is 25.1 Å². The van der Waals surface area contributed by atoms with Gasteiger partial charge in [-0.3, -0.25) is 0 Å². The molecule has 7 heteroatoms. The van der Waals surface area contributed by atoms with E-state index in [0.29, 0.717) is 5.92 Å². The van der Waals surface area contributed by atoms with Crippen LogP contribution in [-0.4, -0.2) is 42.8 Å². The Morgan fingerprint density at radius 1 is 1.08 bits per heavy atom. The number of benzene rings is 1. The van der Waals surface area contributed by atoms with E-state index >= 15 is 0 Å². The molecule has 3 aromatic rings. The minimum atomic E-state index is 0.429. The van der Waals surface area contributed by atoms with E-state index in [1.807, 2.05) is 41.2 Å².